The highest BCUT2D eigenvalue weighted by Gasteiger charge is 2.13. The largest absolute Gasteiger partial charge is 0.463 e. The van der Waals surface area contributed by atoms with Crippen LogP contribution in [0.15, 0.2) is 0 Å². The van der Waals surface area contributed by atoms with Crippen LogP contribution in [0.2, 0.25) is 0 Å². The topological polar surface area (TPSA) is 44.8 Å². The van der Waals surface area contributed by atoms with Gasteiger partial charge in [0.05, 0.1) is 5.88 Å². The third-order valence-electron chi connectivity index (χ3n) is 1.43. The van der Waals surface area contributed by atoms with Crippen LogP contribution in [-0.2, 0) is 19.0 Å². The summed E-state index contributed by atoms with van der Waals surface area (Å²) in [5.74, 6) is -0.0715. The van der Waals surface area contributed by atoms with Crippen LogP contribution in [0.25, 0.3) is 0 Å². The summed E-state index contributed by atoms with van der Waals surface area (Å²) in [6.07, 6.45) is -0.651. The van der Waals surface area contributed by atoms with E-state index in [0.717, 1.165) is 0 Å². The first-order valence-electron chi connectivity index (χ1n) is 4.56. The second-order valence-electron chi connectivity index (χ2n) is 2.74. The molecule has 0 unspecified atom stereocenters. The Morgan fingerprint density at radius 1 is 1.50 bits per heavy atom. The number of esters is 1. The van der Waals surface area contributed by atoms with Crippen molar-refractivity contribution in [3.8, 4) is 0 Å². The molecule has 0 aliphatic carbocycles. The fourth-order valence-corrected chi connectivity index (χ4v) is 1.04. The van der Waals surface area contributed by atoms with Crippen LogP contribution in [0, 0.1) is 0 Å². The summed E-state index contributed by atoms with van der Waals surface area (Å²) in [5.41, 5.74) is 0. The molecule has 0 aromatic rings. The lowest BCUT2D eigenvalue weighted by molar-refractivity contribution is -0.171. The maximum Gasteiger partial charge on any atom is 0.302 e. The van der Waals surface area contributed by atoms with Crippen LogP contribution in [0.3, 0.4) is 0 Å². The van der Waals surface area contributed by atoms with Gasteiger partial charge < -0.3 is 14.2 Å². The Hall–Kier alpha value is -0.320. The van der Waals surface area contributed by atoms with Gasteiger partial charge in [0.2, 0.25) is 0 Å². The molecule has 0 saturated heterocycles. The smallest absolute Gasteiger partial charge is 0.302 e. The van der Waals surface area contributed by atoms with Crippen molar-refractivity contribution >= 4 is 17.6 Å². The molecule has 0 aliphatic heterocycles. The Bertz CT molecular complexity index is 163. The molecule has 0 saturated carbocycles. The van der Waals surface area contributed by atoms with Crippen LogP contribution >= 0.6 is 11.6 Å². The fraction of sp³-hybridized carbons (Fsp3) is 0.889. The molecule has 0 radical (unpaired) electrons. The number of carbonyl (C=O) groups excluding carboxylic acids is 1. The van der Waals surface area contributed by atoms with E-state index < -0.39 is 0 Å². The lowest BCUT2D eigenvalue weighted by atomic mass is 10.4. The second-order valence-corrected chi connectivity index (χ2v) is 3.05. The molecule has 0 heterocycles. The molecular formula is C9H17ClO4. The minimum atomic E-state index is -0.340. The van der Waals surface area contributed by atoms with Gasteiger partial charge in [-0.25, -0.2) is 0 Å². The van der Waals surface area contributed by atoms with Gasteiger partial charge in [0.25, 0.3) is 0 Å². The van der Waals surface area contributed by atoms with Crippen molar-refractivity contribution < 1.29 is 19.0 Å². The number of hydrogen-bond acceptors (Lipinski definition) is 4. The lowest BCUT2D eigenvalue weighted by Gasteiger charge is -2.19. The van der Waals surface area contributed by atoms with Gasteiger partial charge in [-0.1, -0.05) is 0 Å². The number of carbonyl (C=O) groups is 1. The van der Waals surface area contributed by atoms with Gasteiger partial charge in [0, 0.05) is 13.5 Å². The highest BCUT2D eigenvalue weighted by molar-refractivity contribution is 6.18. The molecule has 0 spiro atoms. The van der Waals surface area contributed by atoms with Crippen molar-refractivity contribution in [1.29, 1.82) is 0 Å². The first-order chi connectivity index (χ1) is 6.60. The Labute approximate surface area is 89.5 Å². The van der Waals surface area contributed by atoms with Crippen molar-refractivity contribution in [3.63, 3.8) is 0 Å². The van der Waals surface area contributed by atoms with E-state index in [0.29, 0.717) is 6.61 Å². The van der Waals surface area contributed by atoms with Crippen molar-refractivity contribution in [2.45, 2.75) is 33.2 Å². The monoisotopic (exact) mass is 224 g/mol. The van der Waals surface area contributed by atoms with Crippen LogP contribution < -0.4 is 0 Å². The summed E-state index contributed by atoms with van der Waals surface area (Å²) in [4.78, 5) is 10.5. The Balaban J connectivity index is 3.71. The molecule has 4 nitrogen and oxygen atoms in total. The fourth-order valence-electron chi connectivity index (χ4n) is 0.876. The zero-order valence-electron chi connectivity index (χ0n) is 8.79. The first-order valence-corrected chi connectivity index (χ1v) is 5.10. The van der Waals surface area contributed by atoms with E-state index in [1.54, 1.807) is 6.92 Å². The molecule has 14 heavy (non-hydrogen) atoms. The summed E-state index contributed by atoms with van der Waals surface area (Å²) < 4.78 is 15.3. The summed E-state index contributed by atoms with van der Waals surface area (Å²) in [5, 5.41) is 0. The van der Waals surface area contributed by atoms with E-state index in [9.17, 15) is 4.79 Å². The molecule has 0 rings (SSSR count). The molecule has 0 aromatic heterocycles. The molecule has 2 atom stereocenters. The van der Waals surface area contributed by atoms with E-state index in [2.05, 4.69) is 0 Å². The Morgan fingerprint density at radius 2 is 2.14 bits per heavy atom. The van der Waals surface area contributed by atoms with Crippen molar-refractivity contribution in [2.24, 2.45) is 0 Å². The normalized spacial score (nSPS) is 14.9. The van der Waals surface area contributed by atoms with Crippen LogP contribution in [-0.4, -0.2) is 37.5 Å². The second kappa shape index (κ2) is 8.03. The maximum absolute atomic E-state index is 10.5. The van der Waals surface area contributed by atoms with Crippen LogP contribution in [0.1, 0.15) is 20.8 Å². The zero-order valence-corrected chi connectivity index (χ0v) is 9.54. The van der Waals surface area contributed by atoms with E-state index >= 15 is 0 Å². The van der Waals surface area contributed by atoms with E-state index in [1.165, 1.54) is 6.92 Å². The predicted molar refractivity (Wildman–Crippen MR) is 53.3 cm³/mol. The van der Waals surface area contributed by atoms with E-state index in [4.69, 9.17) is 25.8 Å². The van der Waals surface area contributed by atoms with Gasteiger partial charge in [-0.2, -0.15) is 0 Å². The SMILES string of the molecule is CCO[C@@H](C)O[C@@H](CCl)COC(C)=O. The van der Waals surface area contributed by atoms with Crippen LogP contribution in [0.5, 0.6) is 0 Å². The van der Waals surface area contributed by atoms with Crippen molar-refractivity contribution in [3.05, 3.63) is 0 Å². The number of halogens is 1. The van der Waals surface area contributed by atoms with Gasteiger partial charge in [0.1, 0.15) is 12.7 Å². The summed E-state index contributed by atoms with van der Waals surface area (Å²) >= 11 is 5.62. The third-order valence-corrected chi connectivity index (χ3v) is 1.77. The standard InChI is InChI=1S/C9H17ClO4/c1-4-12-8(3)14-9(5-10)6-13-7(2)11/h8-9H,4-6H2,1-3H3/t8-,9+/m1/s1. The van der Waals surface area contributed by atoms with Crippen molar-refractivity contribution in [1.82, 2.24) is 0 Å². The summed E-state index contributed by atoms with van der Waals surface area (Å²) in [7, 11) is 0. The quantitative estimate of drug-likeness (QED) is 0.374. The molecule has 0 aliphatic rings. The van der Waals surface area contributed by atoms with Gasteiger partial charge >= 0.3 is 5.97 Å². The Morgan fingerprint density at radius 3 is 2.57 bits per heavy atom. The summed E-state index contributed by atoms with van der Waals surface area (Å²) in [6.45, 7) is 5.73. The number of hydrogen-bond donors (Lipinski definition) is 0. The maximum atomic E-state index is 10.5. The highest BCUT2D eigenvalue weighted by Crippen LogP contribution is 2.03. The van der Waals surface area contributed by atoms with E-state index in [-0.39, 0.29) is 30.9 Å². The number of rotatable bonds is 7. The third kappa shape index (κ3) is 7.12. The van der Waals surface area contributed by atoms with Gasteiger partial charge in [-0.3, -0.25) is 4.79 Å². The predicted octanol–water partition coefficient (Wildman–Crippen LogP) is 1.56. The summed E-state index contributed by atoms with van der Waals surface area (Å²) in [6, 6.07) is 0. The van der Waals surface area contributed by atoms with Gasteiger partial charge in [-0.15, -0.1) is 11.6 Å². The number of ether oxygens (including phenoxy) is 3. The van der Waals surface area contributed by atoms with Gasteiger partial charge in [0.15, 0.2) is 6.29 Å². The average molecular weight is 225 g/mol. The molecule has 0 amide bonds. The highest BCUT2D eigenvalue weighted by atomic mass is 35.5. The molecule has 0 fully saturated rings. The molecule has 0 bridgehead atoms. The molecular weight excluding hydrogens is 208 g/mol. The number of alkyl halides is 1. The molecule has 0 aromatic carbocycles. The zero-order chi connectivity index (χ0) is 11.0. The first kappa shape index (κ1) is 13.7. The van der Waals surface area contributed by atoms with Crippen molar-refractivity contribution in [2.75, 3.05) is 19.1 Å². The van der Waals surface area contributed by atoms with E-state index in [1.807, 2.05) is 6.92 Å². The molecule has 0 N–H and O–H groups in total. The van der Waals surface area contributed by atoms with Crippen LogP contribution in [0.4, 0.5) is 0 Å². The van der Waals surface area contributed by atoms with Gasteiger partial charge in [-0.05, 0) is 13.8 Å². The molecule has 5 heteroatoms. The lowest BCUT2D eigenvalue weighted by Crippen LogP contribution is -2.28. The Kier molecular flexibility index (Phi) is 7.84. The minimum Gasteiger partial charge on any atom is -0.463 e. The minimum absolute atomic E-state index is 0.163. The molecule has 84 valence electrons. The average Bonchev–Trinajstić information content (AvgIpc) is 2.12.